The molecule has 0 fully saturated rings. The van der Waals surface area contributed by atoms with Gasteiger partial charge in [0.1, 0.15) is 0 Å². The number of benzene rings is 2. The molecule has 2 N–H and O–H groups in total. The Bertz CT molecular complexity index is 1470. The Kier molecular flexibility index (Phi) is 4.57. The van der Waals surface area contributed by atoms with Crippen molar-refractivity contribution >= 4 is 29.0 Å². The highest BCUT2D eigenvalue weighted by Gasteiger charge is 2.18. The summed E-state index contributed by atoms with van der Waals surface area (Å²) in [4.78, 5) is 33.5. The zero-order valence-corrected chi connectivity index (χ0v) is 17.7. The van der Waals surface area contributed by atoms with Gasteiger partial charge in [-0.3, -0.25) is 14.7 Å². The number of H-pyrrole nitrogens is 1. The average molecular weight is 465 g/mol. The molecule has 0 radical (unpaired) electrons. The lowest BCUT2D eigenvalue weighted by Gasteiger charge is -2.09. The Morgan fingerprint density at radius 1 is 0.970 bits per heavy atom. The number of nitrogens with one attached hydrogen (secondary N) is 2. The summed E-state index contributed by atoms with van der Waals surface area (Å²) < 4.78 is 22.8. The summed E-state index contributed by atoms with van der Waals surface area (Å²) in [5, 5.41) is 5.89. The predicted octanol–water partition coefficient (Wildman–Crippen LogP) is 2.27. The Balaban J connectivity index is 1.25. The third kappa shape index (κ3) is 3.69. The van der Waals surface area contributed by atoms with Gasteiger partial charge in [-0.1, -0.05) is 11.8 Å². The van der Waals surface area contributed by atoms with E-state index in [0.29, 0.717) is 50.9 Å². The fourth-order valence-electron chi connectivity index (χ4n) is 3.45. The molecule has 0 atom stereocenters. The summed E-state index contributed by atoms with van der Waals surface area (Å²) in [6, 6.07) is 11.9. The number of fused-ring (bicyclic) bond motifs is 3. The second kappa shape index (κ2) is 7.74. The molecule has 6 rings (SSSR count). The topological polar surface area (TPSA) is 129 Å². The monoisotopic (exact) mass is 465 g/mol. The van der Waals surface area contributed by atoms with E-state index in [4.69, 9.17) is 18.9 Å². The first-order valence-corrected chi connectivity index (χ1v) is 10.8. The van der Waals surface area contributed by atoms with Gasteiger partial charge in [-0.2, -0.15) is 0 Å². The van der Waals surface area contributed by atoms with Crippen LogP contribution in [-0.4, -0.2) is 44.8 Å². The van der Waals surface area contributed by atoms with Crippen LogP contribution in [0.25, 0.3) is 17.0 Å². The van der Waals surface area contributed by atoms with E-state index in [0.717, 1.165) is 0 Å². The van der Waals surface area contributed by atoms with E-state index in [-0.39, 0.29) is 30.8 Å². The lowest BCUT2D eigenvalue weighted by atomic mass is 10.2. The predicted molar refractivity (Wildman–Crippen MR) is 117 cm³/mol. The Morgan fingerprint density at radius 2 is 1.70 bits per heavy atom. The summed E-state index contributed by atoms with van der Waals surface area (Å²) in [5.74, 6) is 2.67. The van der Waals surface area contributed by atoms with Crippen molar-refractivity contribution in [2.75, 3.05) is 24.7 Å². The van der Waals surface area contributed by atoms with Crippen molar-refractivity contribution in [2.45, 2.75) is 5.16 Å². The van der Waals surface area contributed by atoms with Crippen LogP contribution in [0.15, 0.2) is 52.4 Å². The third-order valence-corrected chi connectivity index (χ3v) is 5.88. The normalized spacial score (nSPS) is 13.5. The molecular weight excluding hydrogens is 450 g/mol. The van der Waals surface area contributed by atoms with E-state index in [9.17, 15) is 9.59 Å². The van der Waals surface area contributed by atoms with Crippen molar-refractivity contribution in [2.24, 2.45) is 0 Å². The van der Waals surface area contributed by atoms with E-state index >= 15 is 0 Å². The molecule has 11 nitrogen and oxygen atoms in total. The van der Waals surface area contributed by atoms with Gasteiger partial charge in [-0.05, 0) is 30.3 Å². The maximum Gasteiger partial charge on any atom is 0.266 e. The molecule has 0 aliphatic carbocycles. The number of ether oxygens (including phenoxy) is 4. The van der Waals surface area contributed by atoms with Crippen molar-refractivity contribution in [3.8, 4) is 34.4 Å². The number of rotatable bonds is 5. The lowest BCUT2D eigenvalue weighted by molar-refractivity contribution is -0.113. The zero-order chi connectivity index (χ0) is 22.4. The molecule has 1 amide bonds. The highest BCUT2D eigenvalue weighted by molar-refractivity contribution is 7.99. The highest BCUT2D eigenvalue weighted by atomic mass is 32.2. The van der Waals surface area contributed by atoms with E-state index in [2.05, 4.69) is 20.4 Å². The molecule has 4 heterocycles. The van der Waals surface area contributed by atoms with Crippen LogP contribution in [0.1, 0.15) is 0 Å². The first-order valence-electron chi connectivity index (χ1n) is 9.84. The standard InChI is InChI=1S/C21H15N5O6S/c27-18-7-17-23-20(11-1-3-13-15(5-11)31-9-29-13)24-21(26(17)25-18)33-8-19(28)22-12-2-4-14-16(6-12)32-10-30-14/h1-7H,8-10H2,(H,22,28)(H,25,27). The molecule has 2 aromatic carbocycles. The molecular formula is C21H15N5O6S. The van der Waals surface area contributed by atoms with Gasteiger partial charge in [0.25, 0.3) is 5.56 Å². The molecule has 0 unspecified atom stereocenters. The molecule has 2 aromatic heterocycles. The van der Waals surface area contributed by atoms with Gasteiger partial charge in [0.05, 0.1) is 5.75 Å². The van der Waals surface area contributed by atoms with E-state index in [1.807, 2.05) is 6.07 Å². The van der Waals surface area contributed by atoms with Crippen LogP contribution in [0, 0.1) is 0 Å². The summed E-state index contributed by atoms with van der Waals surface area (Å²) in [6.07, 6.45) is 0. The largest absolute Gasteiger partial charge is 0.454 e. The van der Waals surface area contributed by atoms with Crippen molar-refractivity contribution in [1.29, 1.82) is 0 Å². The Labute approximate surface area is 189 Å². The van der Waals surface area contributed by atoms with Crippen LogP contribution in [0.2, 0.25) is 0 Å². The quantitative estimate of drug-likeness (QED) is 0.426. The Hall–Kier alpha value is -4.19. The van der Waals surface area contributed by atoms with Gasteiger partial charge in [0.2, 0.25) is 19.5 Å². The van der Waals surface area contributed by atoms with Crippen molar-refractivity contribution in [3.63, 3.8) is 0 Å². The van der Waals surface area contributed by atoms with E-state index in [1.54, 1.807) is 30.3 Å². The molecule has 2 aliphatic heterocycles. The fraction of sp³-hybridized carbons (Fsp3) is 0.143. The van der Waals surface area contributed by atoms with E-state index < -0.39 is 0 Å². The number of amides is 1. The van der Waals surface area contributed by atoms with Crippen LogP contribution in [0.3, 0.4) is 0 Å². The third-order valence-electron chi connectivity index (χ3n) is 4.94. The van der Waals surface area contributed by atoms with Gasteiger partial charge >= 0.3 is 0 Å². The first kappa shape index (κ1) is 19.5. The maximum absolute atomic E-state index is 12.6. The number of nitrogens with zero attached hydrogens (tertiary/aromatic N) is 3. The minimum atomic E-state index is -0.321. The number of carbonyl (C=O) groups is 1. The number of aromatic nitrogens is 4. The minimum Gasteiger partial charge on any atom is -0.454 e. The summed E-state index contributed by atoms with van der Waals surface area (Å²) in [6.45, 7) is 0.318. The minimum absolute atomic E-state index is 0.0569. The molecule has 0 saturated carbocycles. The number of anilines is 1. The molecule has 0 saturated heterocycles. The summed E-state index contributed by atoms with van der Waals surface area (Å²) in [5.41, 5.74) is 1.36. The van der Waals surface area contributed by atoms with Gasteiger partial charge in [-0.15, -0.1) is 0 Å². The Morgan fingerprint density at radius 3 is 2.52 bits per heavy atom. The van der Waals surface area contributed by atoms with E-state index in [1.165, 1.54) is 22.3 Å². The average Bonchev–Trinajstić information content (AvgIpc) is 3.55. The molecule has 12 heteroatoms. The number of thioether (sulfide) groups is 1. The summed E-state index contributed by atoms with van der Waals surface area (Å²) in [7, 11) is 0. The van der Waals surface area contributed by atoms with Crippen LogP contribution >= 0.6 is 11.8 Å². The molecule has 2 aliphatic rings. The molecule has 4 aromatic rings. The fourth-order valence-corrected chi connectivity index (χ4v) is 4.20. The van der Waals surface area contributed by atoms with Gasteiger partial charge in [0.15, 0.2) is 39.6 Å². The number of hydrogen-bond donors (Lipinski definition) is 2. The van der Waals surface area contributed by atoms with Gasteiger partial charge in [0, 0.05) is 23.4 Å². The molecule has 0 bridgehead atoms. The van der Waals surface area contributed by atoms with Crippen LogP contribution in [-0.2, 0) is 4.79 Å². The maximum atomic E-state index is 12.6. The van der Waals surface area contributed by atoms with Crippen LogP contribution < -0.4 is 29.8 Å². The SMILES string of the molecule is O=C(CSc1nc(-c2ccc3c(c2)OCO3)nc2cc(=O)[nH]n12)Nc1ccc2c(c1)OCO2. The molecule has 33 heavy (non-hydrogen) atoms. The first-order chi connectivity index (χ1) is 16.1. The second-order valence-corrected chi connectivity index (χ2v) is 8.06. The zero-order valence-electron chi connectivity index (χ0n) is 16.9. The van der Waals surface area contributed by atoms with Crippen LogP contribution in [0.5, 0.6) is 23.0 Å². The van der Waals surface area contributed by atoms with Gasteiger partial charge < -0.3 is 24.3 Å². The number of hydrogen-bond acceptors (Lipinski definition) is 9. The second-order valence-electron chi connectivity index (χ2n) is 7.12. The van der Waals surface area contributed by atoms with Crippen molar-refractivity contribution in [3.05, 3.63) is 52.8 Å². The summed E-state index contributed by atoms with van der Waals surface area (Å²) >= 11 is 1.17. The van der Waals surface area contributed by atoms with Crippen molar-refractivity contribution in [1.82, 2.24) is 19.6 Å². The van der Waals surface area contributed by atoms with Crippen molar-refractivity contribution < 1.29 is 23.7 Å². The number of aromatic amines is 1. The number of carbonyl (C=O) groups excluding carboxylic acids is 1. The highest BCUT2D eigenvalue weighted by Crippen LogP contribution is 2.36. The molecule has 0 spiro atoms. The molecule has 166 valence electrons. The lowest BCUT2D eigenvalue weighted by Crippen LogP contribution is -2.15. The van der Waals surface area contributed by atoms with Crippen LogP contribution in [0.4, 0.5) is 5.69 Å². The van der Waals surface area contributed by atoms with Gasteiger partial charge in [-0.25, -0.2) is 14.5 Å². The smallest absolute Gasteiger partial charge is 0.266 e.